The SMILES string of the molecule is CC(=O)Nc1c(F)cc(Br)c(C(C)C)c1N. The highest BCUT2D eigenvalue weighted by Crippen LogP contribution is 2.37. The number of hydrogen-bond donors (Lipinski definition) is 2. The maximum Gasteiger partial charge on any atom is 0.221 e. The van der Waals surface area contributed by atoms with Gasteiger partial charge in [0.05, 0.1) is 5.69 Å². The third-order valence-electron chi connectivity index (χ3n) is 2.19. The minimum absolute atomic E-state index is 0.0550. The van der Waals surface area contributed by atoms with Crippen molar-refractivity contribution in [2.24, 2.45) is 0 Å². The van der Waals surface area contributed by atoms with Gasteiger partial charge in [0.15, 0.2) is 0 Å². The molecular formula is C11H14BrFN2O. The van der Waals surface area contributed by atoms with Gasteiger partial charge in [0.25, 0.3) is 0 Å². The van der Waals surface area contributed by atoms with Crippen molar-refractivity contribution in [1.82, 2.24) is 0 Å². The van der Waals surface area contributed by atoms with Crippen LogP contribution in [0.1, 0.15) is 32.3 Å². The van der Waals surface area contributed by atoms with Gasteiger partial charge in [-0.3, -0.25) is 4.79 Å². The summed E-state index contributed by atoms with van der Waals surface area (Å²) in [7, 11) is 0. The van der Waals surface area contributed by atoms with Crippen LogP contribution in [0.25, 0.3) is 0 Å². The van der Waals surface area contributed by atoms with E-state index in [1.165, 1.54) is 13.0 Å². The average molecular weight is 289 g/mol. The first-order valence-corrected chi connectivity index (χ1v) is 5.68. The normalized spacial score (nSPS) is 10.6. The van der Waals surface area contributed by atoms with E-state index in [9.17, 15) is 9.18 Å². The van der Waals surface area contributed by atoms with Crippen molar-refractivity contribution in [3.05, 3.63) is 21.9 Å². The Morgan fingerprint density at radius 3 is 2.56 bits per heavy atom. The highest BCUT2D eigenvalue weighted by atomic mass is 79.9. The molecule has 0 atom stereocenters. The highest BCUT2D eigenvalue weighted by Gasteiger charge is 2.17. The van der Waals surface area contributed by atoms with Crippen LogP contribution in [0, 0.1) is 5.82 Å². The number of nitrogens with one attached hydrogen (secondary N) is 1. The Morgan fingerprint density at radius 2 is 2.12 bits per heavy atom. The van der Waals surface area contributed by atoms with E-state index in [2.05, 4.69) is 21.2 Å². The van der Waals surface area contributed by atoms with Gasteiger partial charge >= 0.3 is 0 Å². The van der Waals surface area contributed by atoms with Crippen molar-refractivity contribution in [1.29, 1.82) is 0 Å². The van der Waals surface area contributed by atoms with E-state index in [1.54, 1.807) is 0 Å². The number of amides is 1. The molecule has 0 radical (unpaired) electrons. The van der Waals surface area contributed by atoms with Crippen molar-refractivity contribution >= 4 is 33.2 Å². The van der Waals surface area contributed by atoms with Crippen LogP contribution in [0.3, 0.4) is 0 Å². The van der Waals surface area contributed by atoms with E-state index in [1.807, 2.05) is 13.8 Å². The predicted molar refractivity (Wildman–Crippen MR) is 66.9 cm³/mol. The van der Waals surface area contributed by atoms with E-state index in [-0.39, 0.29) is 23.2 Å². The minimum Gasteiger partial charge on any atom is -0.397 e. The monoisotopic (exact) mass is 288 g/mol. The number of halogens is 2. The molecule has 0 aliphatic heterocycles. The van der Waals surface area contributed by atoms with Crippen molar-refractivity contribution in [3.63, 3.8) is 0 Å². The lowest BCUT2D eigenvalue weighted by molar-refractivity contribution is -0.114. The number of benzene rings is 1. The van der Waals surface area contributed by atoms with Crippen LogP contribution >= 0.6 is 15.9 Å². The second-order valence-electron chi connectivity index (χ2n) is 3.88. The van der Waals surface area contributed by atoms with Crippen LogP contribution < -0.4 is 11.1 Å². The fourth-order valence-corrected chi connectivity index (χ4v) is 2.42. The van der Waals surface area contributed by atoms with Crippen LogP contribution in [0.4, 0.5) is 15.8 Å². The molecule has 0 bridgehead atoms. The summed E-state index contributed by atoms with van der Waals surface area (Å²) in [4.78, 5) is 10.9. The largest absolute Gasteiger partial charge is 0.397 e. The van der Waals surface area contributed by atoms with Gasteiger partial charge in [0.2, 0.25) is 5.91 Å². The predicted octanol–water partition coefficient (Wildman–Crippen LogP) is 3.25. The molecule has 0 heterocycles. The molecule has 1 aromatic rings. The summed E-state index contributed by atoms with van der Waals surface area (Å²) in [5, 5.41) is 2.40. The van der Waals surface area contributed by atoms with Gasteiger partial charge in [-0.05, 0) is 17.5 Å². The zero-order valence-corrected chi connectivity index (χ0v) is 11.0. The van der Waals surface area contributed by atoms with Crippen molar-refractivity contribution in [2.75, 3.05) is 11.1 Å². The lowest BCUT2D eigenvalue weighted by atomic mass is 10.00. The number of nitrogens with two attached hydrogens (primary N) is 1. The van der Waals surface area contributed by atoms with Crippen LogP contribution in [-0.2, 0) is 4.79 Å². The Kier molecular flexibility index (Phi) is 3.91. The zero-order chi connectivity index (χ0) is 12.5. The second-order valence-corrected chi connectivity index (χ2v) is 4.73. The standard InChI is InChI=1S/C11H14BrFN2O/c1-5(2)9-7(12)4-8(13)11(10(9)14)15-6(3)16/h4-5H,14H2,1-3H3,(H,15,16). The molecule has 0 aromatic heterocycles. The van der Waals surface area contributed by atoms with E-state index in [4.69, 9.17) is 5.73 Å². The topological polar surface area (TPSA) is 55.1 Å². The van der Waals surface area contributed by atoms with Gasteiger partial charge in [-0.1, -0.05) is 29.8 Å². The summed E-state index contributed by atoms with van der Waals surface area (Å²) in [6, 6.07) is 1.32. The highest BCUT2D eigenvalue weighted by molar-refractivity contribution is 9.10. The Morgan fingerprint density at radius 1 is 1.56 bits per heavy atom. The Labute approximate surface area is 102 Å². The van der Waals surface area contributed by atoms with Crippen LogP contribution in [0.2, 0.25) is 0 Å². The fourth-order valence-electron chi connectivity index (χ4n) is 1.54. The number of carbonyl (C=O) groups excluding carboxylic acids is 1. The third-order valence-corrected chi connectivity index (χ3v) is 2.84. The molecule has 16 heavy (non-hydrogen) atoms. The van der Waals surface area contributed by atoms with Crippen LogP contribution in [0.5, 0.6) is 0 Å². The summed E-state index contributed by atoms with van der Waals surface area (Å²) in [5.41, 5.74) is 6.98. The number of carbonyl (C=O) groups is 1. The Hall–Kier alpha value is -1.10. The quantitative estimate of drug-likeness (QED) is 0.821. The average Bonchev–Trinajstić information content (AvgIpc) is 2.10. The molecule has 3 N–H and O–H groups in total. The number of anilines is 2. The molecule has 1 amide bonds. The van der Waals surface area contributed by atoms with Gasteiger partial charge in [0.1, 0.15) is 11.5 Å². The van der Waals surface area contributed by atoms with Gasteiger partial charge in [-0.2, -0.15) is 0 Å². The number of nitrogen functional groups attached to an aromatic ring is 1. The Balaban J connectivity index is 3.38. The van der Waals surface area contributed by atoms with Gasteiger partial charge in [0, 0.05) is 11.4 Å². The minimum atomic E-state index is -0.538. The lowest BCUT2D eigenvalue weighted by Gasteiger charge is -2.16. The van der Waals surface area contributed by atoms with Crippen LogP contribution in [-0.4, -0.2) is 5.91 Å². The van der Waals surface area contributed by atoms with Crippen molar-refractivity contribution < 1.29 is 9.18 Å². The molecule has 0 fully saturated rings. The first-order chi connectivity index (χ1) is 7.34. The second kappa shape index (κ2) is 4.82. The maximum absolute atomic E-state index is 13.6. The molecule has 88 valence electrons. The number of hydrogen-bond acceptors (Lipinski definition) is 2. The molecule has 5 heteroatoms. The molecule has 1 aromatic carbocycles. The van der Waals surface area contributed by atoms with E-state index in [0.29, 0.717) is 4.47 Å². The van der Waals surface area contributed by atoms with Crippen LogP contribution in [0.15, 0.2) is 10.5 Å². The summed E-state index contributed by atoms with van der Waals surface area (Å²) in [5.74, 6) is -0.742. The van der Waals surface area contributed by atoms with Crippen molar-refractivity contribution in [2.45, 2.75) is 26.7 Å². The molecule has 0 aliphatic carbocycles. The molecular weight excluding hydrogens is 275 g/mol. The maximum atomic E-state index is 13.6. The molecule has 0 spiro atoms. The van der Waals surface area contributed by atoms with E-state index >= 15 is 0 Å². The van der Waals surface area contributed by atoms with Gasteiger partial charge in [-0.25, -0.2) is 4.39 Å². The molecule has 0 saturated carbocycles. The van der Waals surface area contributed by atoms with E-state index in [0.717, 1.165) is 5.56 Å². The summed E-state index contributed by atoms with van der Waals surface area (Å²) < 4.78 is 14.2. The summed E-state index contributed by atoms with van der Waals surface area (Å²) in [6.45, 7) is 5.22. The molecule has 1 rings (SSSR count). The summed E-state index contributed by atoms with van der Waals surface area (Å²) in [6.07, 6.45) is 0. The van der Waals surface area contributed by atoms with Gasteiger partial charge in [-0.15, -0.1) is 0 Å². The first kappa shape index (κ1) is 13.0. The molecule has 0 saturated heterocycles. The molecule has 3 nitrogen and oxygen atoms in total. The lowest BCUT2D eigenvalue weighted by Crippen LogP contribution is -2.12. The molecule has 0 aliphatic rings. The zero-order valence-electron chi connectivity index (χ0n) is 9.40. The number of rotatable bonds is 2. The van der Waals surface area contributed by atoms with E-state index < -0.39 is 5.82 Å². The smallest absolute Gasteiger partial charge is 0.221 e. The van der Waals surface area contributed by atoms with Crippen molar-refractivity contribution in [3.8, 4) is 0 Å². The molecule has 0 unspecified atom stereocenters. The first-order valence-electron chi connectivity index (χ1n) is 4.89. The Bertz CT molecular complexity index is 432. The summed E-state index contributed by atoms with van der Waals surface area (Å²) >= 11 is 3.27. The van der Waals surface area contributed by atoms with Gasteiger partial charge < -0.3 is 11.1 Å². The fraction of sp³-hybridized carbons (Fsp3) is 0.364. The third kappa shape index (κ3) is 2.52.